The Hall–Kier alpha value is -1.16. The molecule has 122 valence electrons. The summed E-state index contributed by atoms with van der Waals surface area (Å²) in [6.45, 7) is 1.55. The van der Waals surface area contributed by atoms with Crippen LogP contribution in [0, 0.1) is 17.3 Å². The summed E-state index contributed by atoms with van der Waals surface area (Å²) < 4.78 is 0.176. The minimum absolute atomic E-state index is 0.0234. The van der Waals surface area contributed by atoms with Gasteiger partial charge >= 0.3 is 0 Å². The summed E-state index contributed by atoms with van der Waals surface area (Å²) in [6, 6.07) is 7.27. The molecule has 23 heavy (non-hydrogen) atoms. The minimum atomic E-state index is -0.222. The lowest BCUT2D eigenvalue weighted by Crippen LogP contribution is -2.57. The molecule has 3 nitrogen and oxygen atoms in total. The number of amides is 1. The van der Waals surface area contributed by atoms with Gasteiger partial charge in [0.1, 0.15) is 0 Å². The van der Waals surface area contributed by atoms with Gasteiger partial charge in [0.2, 0.25) is 5.91 Å². The number of halogens is 1. The van der Waals surface area contributed by atoms with Crippen LogP contribution >= 0.6 is 15.9 Å². The van der Waals surface area contributed by atoms with Crippen molar-refractivity contribution in [1.82, 2.24) is 0 Å². The van der Waals surface area contributed by atoms with Crippen molar-refractivity contribution in [1.29, 1.82) is 0 Å². The first-order chi connectivity index (χ1) is 10.9. The maximum absolute atomic E-state index is 13.1. The van der Waals surface area contributed by atoms with Crippen LogP contribution in [0.3, 0.4) is 0 Å². The number of rotatable bonds is 3. The third-order valence-electron chi connectivity index (χ3n) is 6.00. The van der Waals surface area contributed by atoms with Gasteiger partial charge in [0, 0.05) is 15.6 Å². The molecule has 0 saturated heterocycles. The van der Waals surface area contributed by atoms with Gasteiger partial charge in [-0.3, -0.25) is 9.59 Å². The highest BCUT2D eigenvalue weighted by molar-refractivity contribution is 9.10. The summed E-state index contributed by atoms with van der Waals surface area (Å²) in [5, 5.41) is 3.10. The molecule has 4 aliphatic rings. The molecule has 2 atom stereocenters. The smallest absolute Gasteiger partial charge is 0.230 e. The number of carbonyl (C=O) groups is 2. The van der Waals surface area contributed by atoms with Gasteiger partial charge < -0.3 is 5.32 Å². The quantitative estimate of drug-likeness (QED) is 0.621. The van der Waals surface area contributed by atoms with E-state index in [0.717, 1.165) is 24.9 Å². The maximum atomic E-state index is 13.1. The Morgan fingerprint density at radius 2 is 1.87 bits per heavy atom. The summed E-state index contributed by atoms with van der Waals surface area (Å²) >= 11 is 3.95. The van der Waals surface area contributed by atoms with E-state index in [1.54, 1.807) is 19.1 Å². The van der Waals surface area contributed by atoms with Crippen LogP contribution in [-0.4, -0.2) is 16.0 Å². The zero-order valence-corrected chi connectivity index (χ0v) is 15.0. The lowest BCUT2D eigenvalue weighted by atomic mass is 9.49. The second-order valence-electron chi connectivity index (χ2n) is 7.98. The molecule has 5 rings (SSSR count). The monoisotopic (exact) mass is 375 g/mol. The Balaban J connectivity index is 1.58. The van der Waals surface area contributed by atoms with Crippen LogP contribution in [0.25, 0.3) is 0 Å². The number of nitrogens with one attached hydrogen (secondary N) is 1. The van der Waals surface area contributed by atoms with E-state index in [-0.39, 0.29) is 21.4 Å². The molecule has 4 bridgehead atoms. The van der Waals surface area contributed by atoms with Gasteiger partial charge in [-0.25, -0.2) is 0 Å². The first kappa shape index (κ1) is 15.4. The Bertz CT molecular complexity index is 670. The summed E-state index contributed by atoms with van der Waals surface area (Å²) in [6.07, 6.45) is 6.73. The van der Waals surface area contributed by atoms with Crippen LogP contribution in [0.4, 0.5) is 5.69 Å². The van der Waals surface area contributed by atoms with Crippen LogP contribution in [0.2, 0.25) is 0 Å². The average molecular weight is 376 g/mol. The topological polar surface area (TPSA) is 46.2 Å². The van der Waals surface area contributed by atoms with Gasteiger partial charge in [0.25, 0.3) is 0 Å². The van der Waals surface area contributed by atoms with Crippen molar-refractivity contribution in [3.8, 4) is 0 Å². The average Bonchev–Trinajstić information content (AvgIpc) is 2.44. The van der Waals surface area contributed by atoms with Crippen molar-refractivity contribution in [3.05, 3.63) is 29.8 Å². The van der Waals surface area contributed by atoms with E-state index in [0.29, 0.717) is 17.4 Å². The Morgan fingerprint density at radius 1 is 1.17 bits per heavy atom. The molecule has 1 N–H and O–H groups in total. The van der Waals surface area contributed by atoms with Gasteiger partial charge in [0.05, 0.1) is 5.41 Å². The Kier molecular flexibility index (Phi) is 3.45. The number of ketones is 1. The molecule has 1 amide bonds. The first-order valence-electron chi connectivity index (χ1n) is 8.49. The van der Waals surface area contributed by atoms with Crippen molar-refractivity contribution in [3.63, 3.8) is 0 Å². The molecule has 1 aromatic rings. The Labute approximate surface area is 145 Å². The molecule has 0 spiro atoms. The van der Waals surface area contributed by atoms with Crippen molar-refractivity contribution in [2.24, 2.45) is 17.3 Å². The molecule has 0 radical (unpaired) electrons. The number of hydrogen-bond donors (Lipinski definition) is 1. The molecule has 0 aromatic heterocycles. The van der Waals surface area contributed by atoms with E-state index in [1.165, 1.54) is 19.3 Å². The molecule has 0 heterocycles. The van der Waals surface area contributed by atoms with Crippen molar-refractivity contribution in [2.75, 3.05) is 5.32 Å². The number of carbonyl (C=O) groups excluding carboxylic acids is 2. The van der Waals surface area contributed by atoms with Crippen molar-refractivity contribution in [2.45, 2.75) is 49.8 Å². The summed E-state index contributed by atoms with van der Waals surface area (Å²) in [5.41, 5.74) is 1.16. The number of alkyl halides is 1. The molecule has 4 fully saturated rings. The van der Waals surface area contributed by atoms with E-state index >= 15 is 0 Å². The SMILES string of the molecule is CC(=O)c1cccc(NC(=O)C23CC4CC(CC(Br)(C4)C2)C3)c1. The van der Waals surface area contributed by atoms with E-state index in [9.17, 15) is 9.59 Å². The van der Waals surface area contributed by atoms with E-state index in [4.69, 9.17) is 0 Å². The molecule has 2 unspecified atom stereocenters. The highest BCUT2D eigenvalue weighted by atomic mass is 79.9. The van der Waals surface area contributed by atoms with Crippen LogP contribution in [0.1, 0.15) is 55.8 Å². The minimum Gasteiger partial charge on any atom is -0.326 e. The largest absolute Gasteiger partial charge is 0.326 e. The maximum Gasteiger partial charge on any atom is 0.230 e. The van der Waals surface area contributed by atoms with Gasteiger partial charge in [-0.05, 0) is 69.4 Å². The number of benzene rings is 1. The van der Waals surface area contributed by atoms with Crippen molar-refractivity contribution >= 4 is 33.3 Å². The highest BCUT2D eigenvalue weighted by Crippen LogP contribution is 2.64. The van der Waals surface area contributed by atoms with Gasteiger partial charge in [-0.15, -0.1) is 0 Å². The number of anilines is 1. The zero-order chi connectivity index (χ0) is 16.2. The molecule has 4 heteroatoms. The van der Waals surface area contributed by atoms with Crippen LogP contribution in [0.5, 0.6) is 0 Å². The number of hydrogen-bond acceptors (Lipinski definition) is 2. The van der Waals surface area contributed by atoms with Gasteiger partial charge in [0.15, 0.2) is 5.78 Å². The fourth-order valence-electron chi connectivity index (χ4n) is 5.50. The molecular weight excluding hydrogens is 354 g/mol. The van der Waals surface area contributed by atoms with E-state index in [2.05, 4.69) is 21.2 Å². The summed E-state index contributed by atoms with van der Waals surface area (Å²) in [5.74, 6) is 1.54. The predicted molar refractivity (Wildman–Crippen MR) is 93.8 cm³/mol. The molecule has 4 saturated carbocycles. The first-order valence-corrected chi connectivity index (χ1v) is 9.28. The molecular formula is C19H22BrNO2. The predicted octanol–water partition coefficient (Wildman–Crippen LogP) is 4.56. The summed E-state index contributed by atoms with van der Waals surface area (Å²) in [7, 11) is 0. The summed E-state index contributed by atoms with van der Waals surface area (Å²) in [4.78, 5) is 24.6. The van der Waals surface area contributed by atoms with Gasteiger partial charge in [-0.1, -0.05) is 28.1 Å². The standard InChI is InChI=1S/C19H22BrNO2/c1-12(22)15-3-2-4-16(6-15)21-17(23)18-7-13-5-14(8-18)10-19(20,9-13)11-18/h2-4,6,13-14H,5,7-11H2,1H3,(H,21,23). The highest BCUT2D eigenvalue weighted by Gasteiger charge is 2.59. The Morgan fingerprint density at radius 3 is 2.48 bits per heavy atom. The van der Waals surface area contributed by atoms with E-state index in [1.807, 2.05) is 12.1 Å². The number of Topliss-reactive ketones (excluding diaryl/α,β-unsaturated/α-hetero) is 1. The third kappa shape index (κ3) is 2.65. The molecule has 0 aliphatic heterocycles. The van der Waals surface area contributed by atoms with E-state index < -0.39 is 0 Å². The van der Waals surface area contributed by atoms with Crippen LogP contribution < -0.4 is 5.32 Å². The second-order valence-corrected chi connectivity index (χ2v) is 9.67. The molecule has 4 aliphatic carbocycles. The fourth-order valence-corrected chi connectivity index (χ4v) is 6.95. The lowest BCUT2D eigenvalue weighted by molar-refractivity contribution is -0.138. The lowest BCUT2D eigenvalue weighted by Gasteiger charge is -2.59. The van der Waals surface area contributed by atoms with Crippen LogP contribution in [-0.2, 0) is 4.79 Å². The van der Waals surface area contributed by atoms with Crippen molar-refractivity contribution < 1.29 is 9.59 Å². The van der Waals surface area contributed by atoms with Crippen LogP contribution in [0.15, 0.2) is 24.3 Å². The zero-order valence-electron chi connectivity index (χ0n) is 13.4. The second kappa shape index (κ2) is 5.17. The fraction of sp³-hybridized carbons (Fsp3) is 0.579. The third-order valence-corrected chi connectivity index (χ3v) is 6.93. The normalized spacial score (nSPS) is 37.7. The molecule has 1 aromatic carbocycles. The van der Waals surface area contributed by atoms with Gasteiger partial charge in [-0.2, -0.15) is 0 Å².